The predicted molar refractivity (Wildman–Crippen MR) is 87.4 cm³/mol. The molecule has 106 valence electrons. The van der Waals surface area contributed by atoms with Crippen molar-refractivity contribution in [2.75, 3.05) is 0 Å². The summed E-state index contributed by atoms with van der Waals surface area (Å²) in [5.74, 6) is 0.450. The number of aromatic nitrogens is 4. The van der Waals surface area contributed by atoms with Crippen LogP contribution >= 0.6 is 39.1 Å². The average Bonchev–Trinajstić information content (AvgIpc) is 2.86. The average molecular weight is 384 g/mol. The van der Waals surface area contributed by atoms with Crippen LogP contribution in [0.25, 0.3) is 22.6 Å². The lowest BCUT2D eigenvalue weighted by Crippen LogP contribution is -1.98. The highest BCUT2D eigenvalue weighted by atomic mass is 79.9. The minimum Gasteiger partial charge on any atom is -0.331 e. The Kier molecular flexibility index (Phi) is 3.97. The molecule has 0 saturated carbocycles. The first-order valence-corrected chi connectivity index (χ1v) is 7.57. The minimum absolute atomic E-state index is 0.313. The van der Waals surface area contributed by atoms with E-state index >= 15 is 0 Å². The van der Waals surface area contributed by atoms with Crippen molar-refractivity contribution in [3.63, 3.8) is 0 Å². The van der Waals surface area contributed by atoms with E-state index in [1.165, 1.54) is 0 Å². The highest BCUT2D eigenvalue weighted by molar-refractivity contribution is 9.10. The molecule has 3 aromatic rings. The van der Waals surface area contributed by atoms with Gasteiger partial charge in [0, 0.05) is 11.5 Å². The number of nitrogens with zero attached hydrogens (tertiary/aromatic N) is 4. The van der Waals surface area contributed by atoms with Crippen LogP contribution in [0, 0.1) is 0 Å². The van der Waals surface area contributed by atoms with Crippen LogP contribution in [0.3, 0.4) is 0 Å². The Morgan fingerprint density at radius 3 is 2.19 bits per heavy atom. The van der Waals surface area contributed by atoms with E-state index in [4.69, 9.17) is 23.2 Å². The van der Waals surface area contributed by atoms with Crippen LogP contribution in [-0.2, 0) is 7.05 Å². The molecule has 0 aliphatic rings. The number of imidazole rings is 1. The first-order valence-electron chi connectivity index (χ1n) is 6.02. The first kappa shape index (κ1) is 14.5. The molecule has 0 atom stereocenters. The fraction of sp³-hybridized carbons (Fsp3) is 0.0714. The maximum absolute atomic E-state index is 6.30. The van der Waals surface area contributed by atoms with Crippen molar-refractivity contribution in [2.45, 2.75) is 0 Å². The lowest BCUT2D eigenvalue weighted by molar-refractivity contribution is 0.908. The maximum Gasteiger partial charge on any atom is 0.180 e. The van der Waals surface area contributed by atoms with Crippen LogP contribution in [0.2, 0.25) is 10.3 Å². The van der Waals surface area contributed by atoms with Gasteiger partial charge in [-0.05, 0) is 17.7 Å². The summed E-state index contributed by atoms with van der Waals surface area (Å²) in [4.78, 5) is 12.7. The monoisotopic (exact) mass is 382 g/mol. The molecule has 0 N–H and O–H groups in total. The fourth-order valence-corrected chi connectivity index (χ4v) is 2.82. The van der Waals surface area contributed by atoms with Gasteiger partial charge in [-0.15, -0.1) is 0 Å². The van der Waals surface area contributed by atoms with E-state index in [-0.39, 0.29) is 0 Å². The van der Waals surface area contributed by atoms with Gasteiger partial charge in [-0.3, -0.25) is 0 Å². The molecular formula is C14H9BrCl2N4. The van der Waals surface area contributed by atoms with Crippen LogP contribution in [-0.4, -0.2) is 19.5 Å². The summed E-state index contributed by atoms with van der Waals surface area (Å²) in [6.07, 6.45) is 3.34. The number of aryl methyl sites for hydroxylation is 1. The van der Waals surface area contributed by atoms with Crippen molar-refractivity contribution >= 4 is 39.1 Å². The second kappa shape index (κ2) is 5.75. The zero-order chi connectivity index (χ0) is 15.0. The van der Waals surface area contributed by atoms with E-state index < -0.39 is 0 Å². The van der Waals surface area contributed by atoms with Crippen LogP contribution in [0.4, 0.5) is 0 Å². The Balaban J connectivity index is 2.13. The molecule has 0 amide bonds. The van der Waals surface area contributed by atoms with Gasteiger partial charge in [0.1, 0.15) is 16.0 Å². The van der Waals surface area contributed by atoms with Gasteiger partial charge in [0.25, 0.3) is 0 Å². The SMILES string of the molecule is Cn1cncc1-c1nc(Cl)c(-c2ccc(Br)cc2)c(Cl)n1. The topological polar surface area (TPSA) is 43.6 Å². The standard InChI is InChI=1S/C14H9BrCl2N4/c1-21-7-18-6-10(21)14-19-12(16)11(13(17)20-14)8-2-4-9(15)5-3-8/h2-7H,1H3. The van der Waals surface area contributed by atoms with Gasteiger partial charge in [-0.1, -0.05) is 51.3 Å². The molecule has 0 aliphatic heterocycles. The van der Waals surface area contributed by atoms with Crippen molar-refractivity contribution in [3.05, 3.63) is 51.6 Å². The predicted octanol–water partition coefficient (Wildman–Crippen LogP) is 4.61. The molecular weight excluding hydrogens is 375 g/mol. The lowest BCUT2D eigenvalue weighted by Gasteiger charge is -2.09. The summed E-state index contributed by atoms with van der Waals surface area (Å²) in [5, 5.41) is 0.627. The third kappa shape index (κ3) is 2.81. The van der Waals surface area contributed by atoms with Crippen molar-refractivity contribution in [3.8, 4) is 22.6 Å². The van der Waals surface area contributed by atoms with Crippen molar-refractivity contribution in [2.24, 2.45) is 7.05 Å². The van der Waals surface area contributed by atoms with Crippen LogP contribution < -0.4 is 0 Å². The fourth-order valence-electron chi connectivity index (χ4n) is 1.95. The van der Waals surface area contributed by atoms with E-state index in [1.54, 1.807) is 17.1 Å². The smallest absolute Gasteiger partial charge is 0.180 e. The highest BCUT2D eigenvalue weighted by Crippen LogP contribution is 2.34. The third-order valence-electron chi connectivity index (χ3n) is 3.00. The number of benzene rings is 1. The molecule has 7 heteroatoms. The number of hydrogen-bond donors (Lipinski definition) is 0. The minimum atomic E-state index is 0.313. The summed E-state index contributed by atoms with van der Waals surface area (Å²) >= 11 is 16.0. The normalized spacial score (nSPS) is 10.9. The van der Waals surface area contributed by atoms with E-state index in [1.807, 2.05) is 31.3 Å². The molecule has 0 aliphatic carbocycles. The molecule has 0 radical (unpaired) electrons. The Bertz CT molecular complexity index is 776. The summed E-state index contributed by atoms with van der Waals surface area (Å²) < 4.78 is 2.78. The quantitative estimate of drug-likeness (QED) is 0.606. The van der Waals surface area contributed by atoms with Crippen LogP contribution in [0.5, 0.6) is 0 Å². The third-order valence-corrected chi connectivity index (χ3v) is 4.08. The summed E-state index contributed by atoms with van der Waals surface area (Å²) in [7, 11) is 1.86. The molecule has 3 rings (SSSR count). The van der Waals surface area contributed by atoms with Crippen LogP contribution in [0.1, 0.15) is 0 Å². The molecule has 21 heavy (non-hydrogen) atoms. The number of hydrogen-bond acceptors (Lipinski definition) is 3. The second-order valence-electron chi connectivity index (χ2n) is 4.40. The van der Waals surface area contributed by atoms with Gasteiger partial charge >= 0.3 is 0 Å². The summed E-state index contributed by atoms with van der Waals surface area (Å²) in [6.45, 7) is 0. The molecule has 1 aromatic carbocycles. The molecule has 0 fully saturated rings. The van der Waals surface area contributed by atoms with Crippen LogP contribution in [0.15, 0.2) is 41.3 Å². The maximum atomic E-state index is 6.30. The molecule has 2 aromatic heterocycles. The van der Waals surface area contributed by atoms with E-state index in [9.17, 15) is 0 Å². The highest BCUT2D eigenvalue weighted by Gasteiger charge is 2.16. The van der Waals surface area contributed by atoms with Gasteiger partial charge in [0.05, 0.1) is 18.1 Å². The zero-order valence-corrected chi connectivity index (χ0v) is 14.0. The molecule has 0 bridgehead atoms. The van der Waals surface area contributed by atoms with E-state index in [0.29, 0.717) is 21.7 Å². The Hall–Kier alpha value is -1.43. The molecule has 0 unspecified atom stereocenters. The lowest BCUT2D eigenvalue weighted by atomic mass is 10.1. The van der Waals surface area contributed by atoms with Gasteiger partial charge in [0.2, 0.25) is 0 Å². The number of rotatable bonds is 2. The molecule has 4 nitrogen and oxygen atoms in total. The Morgan fingerprint density at radius 1 is 1.05 bits per heavy atom. The second-order valence-corrected chi connectivity index (χ2v) is 6.03. The van der Waals surface area contributed by atoms with Gasteiger partial charge in [-0.2, -0.15) is 0 Å². The van der Waals surface area contributed by atoms with Gasteiger partial charge < -0.3 is 4.57 Å². The Labute approximate surface area is 139 Å². The first-order chi connectivity index (χ1) is 10.1. The molecule has 0 saturated heterocycles. The van der Waals surface area contributed by atoms with Gasteiger partial charge in [-0.25, -0.2) is 15.0 Å². The molecule has 2 heterocycles. The van der Waals surface area contributed by atoms with Crippen molar-refractivity contribution in [1.29, 1.82) is 0 Å². The van der Waals surface area contributed by atoms with Gasteiger partial charge in [0.15, 0.2) is 5.82 Å². The van der Waals surface area contributed by atoms with E-state index in [0.717, 1.165) is 15.7 Å². The van der Waals surface area contributed by atoms with Crippen molar-refractivity contribution < 1.29 is 0 Å². The largest absolute Gasteiger partial charge is 0.331 e. The molecule has 0 spiro atoms. The Morgan fingerprint density at radius 2 is 1.67 bits per heavy atom. The zero-order valence-electron chi connectivity index (χ0n) is 10.9. The van der Waals surface area contributed by atoms with E-state index in [2.05, 4.69) is 30.9 Å². The number of halogens is 3. The van der Waals surface area contributed by atoms with Crippen molar-refractivity contribution in [1.82, 2.24) is 19.5 Å². The summed E-state index contributed by atoms with van der Waals surface area (Å²) in [6, 6.07) is 7.64. The summed E-state index contributed by atoms with van der Waals surface area (Å²) in [5.41, 5.74) is 2.24.